The normalized spacial score (nSPS) is 10.3. The van der Waals surface area contributed by atoms with Crippen LogP contribution in [0.4, 0.5) is 4.79 Å². The van der Waals surface area contributed by atoms with Gasteiger partial charge in [-0.25, -0.2) is 4.79 Å². The summed E-state index contributed by atoms with van der Waals surface area (Å²) in [5.41, 5.74) is 4.71. The fourth-order valence-corrected chi connectivity index (χ4v) is 2.99. The topological polar surface area (TPSA) is 70.2 Å². The third-order valence-electron chi connectivity index (χ3n) is 4.58. The molecule has 154 valence electrons. The number of benzene rings is 3. The van der Waals surface area contributed by atoms with Crippen LogP contribution in [0.5, 0.6) is 0 Å². The van der Waals surface area contributed by atoms with Crippen molar-refractivity contribution in [3.63, 3.8) is 0 Å². The van der Waals surface area contributed by atoms with Crippen molar-refractivity contribution in [1.29, 1.82) is 0 Å². The van der Waals surface area contributed by atoms with Gasteiger partial charge in [0.1, 0.15) is 0 Å². The summed E-state index contributed by atoms with van der Waals surface area (Å²) in [5, 5.41) is 9.18. The van der Waals surface area contributed by atoms with E-state index in [0.717, 1.165) is 16.7 Å². The Morgan fingerprint density at radius 2 is 1.30 bits per heavy atom. The molecule has 30 heavy (non-hydrogen) atoms. The van der Waals surface area contributed by atoms with Gasteiger partial charge in [-0.3, -0.25) is 4.79 Å². The van der Waals surface area contributed by atoms with Gasteiger partial charge in [0, 0.05) is 30.2 Å². The van der Waals surface area contributed by atoms with Crippen molar-refractivity contribution in [3.8, 4) is 0 Å². The standard InChI is InChI=1S/C24H24ClN3O2/c1-17-5-7-18(8-6-17)14-27-24(30)28-16-20-4-2-3-19(13-20)15-26-23(29)21-9-11-22(25)12-10-21/h2-13H,14-16H2,1H3,(H,26,29)(H2,27,28,30). The molecule has 0 heterocycles. The molecule has 0 aliphatic heterocycles. The second-order valence-corrected chi connectivity index (χ2v) is 7.47. The van der Waals surface area contributed by atoms with Crippen LogP contribution in [0.15, 0.2) is 72.8 Å². The van der Waals surface area contributed by atoms with E-state index < -0.39 is 0 Å². The first-order valence-electron chi connectivity index (χ1n) is 9.68. The fraction of sp³-hybridized carbons (Fsp3) is 0.167. The second kappa shape index (κ2) is 10.5. The molecule has 0 radical (unpaired) electrons. The van der Waals surface area contributed by atoms with Crippen LogP contribution in [0.2, 0.25) is 5.02 Å². The lowest BCUT2D eigenvalue weighted by Gasteiger charge is -2.10. The van der Waals surface area contributed by atoms with E-state index in [0.29, 0.717) is 30.2 Å². The molecule has 0 fully saturated rings. The molecule has 0 bridgehead atoms. The van der Waals surface area contributed by atoms with Crippen molar-refractivity contribution in [3.05, 3.63) is 106 Å². The van der Waals surface area contributed by atoms with Crippen molar-refractivity contribution in [2.75, 3.05) is 0 Å². The number of amides is 3. The van der Waals surface area contributed by atoms with Crippen molar-refractivity contribution >= 4 is 23.5 Å². The van der Waals surface area contributed by atoms with E-state index in [4.69, 9.17) is 11.6 Å². The van der Waals surface area contributed by atoms with E-state index in [-0.39, 0.29) is 11.9 Å². The van der Waals surface area contributed by atoms with Crippen LogP contribution in [-0.4, -0.2) is 11.9 Å². The monoisotopic (exact) mass is 421 g/mol. The fourth-order valence-electron chi connectivity index (χ4n) is 2.87. The molecular weight excluding hydrogens is 398 g/mol. The van der Waals surface area contributed by atoms with Crippen LogP contribution >= 0.6 is 11.6 Å². The maximum absolute atomic E-state index is 12.2. The highest BCUT2D eigenvalue weighted by Crippen LogP contribution is 2.10. The Hall–Kier alpha value is -3.31. The van der Waals surface area contributed by atoms with Crippen LogP contribution in [0.3, 0.4) is 0 Å². The second-order valence-electron chi connectivity index (χ2n) is 7.03. The Balaban J connectivity index is 1.45. The highest BCUT2D eigenvalue weighted by atomic mass is 35.5. The summed E-state index contributed by atoms with van der Waals surface area (Å²) in [6.07, 6.45) is 0. The summed E-state index contributed by atoms with van der Waals surface area (Å²) in [6.45, 7) is 3.30. The number of aryl methyl sites for hydroxylation is 1. The summed E-state index contributed by atoms with van der Waals surface area (Å²) >= 11 is 5.85. The zero-order valence-electron chi connectivity index (χ0n) is 16.7. The van der Waals surface area contributed by atoms with Crippen LogP contribution in [-0.2, 0) is 19.6 Å². The predicted octanol–water partition coefficient (Wildman–Crippen LogP) is 4.58. The molecule has 6 heteroatoms. The quantitative estimate of drug-likeness (QED) is 0.522. The lowest BCUT2D eigenvalue weighted by atomic mass is 10.1. The Kier molecular flexibility index (Phi) is 7.46. The van der Waals surface area contributed by atoms with Crippen LogP contribution in [0, 0.1) is 6.92 Å². The molecule has 0 saturated heterocycles. The molecule has 0 aliphatic carbocycles. The minimum absolute atomic E-state index is 0.161. The molecule has 3 aromatic carbocycles. The lowest BCUT2D eigenvalue weighted by molar-refractivity contribution is 0.0951. The maximum atomic E-state index is 12.2. The highest BCUT2D eigenvalue weighted by Gasteiger charge is 2.06. The smallest absolute Gasteiger partial charge is 0.315 e. The molecule has 0 spiro atoms. The number of hydrogen-bond acceptors (Lipinski definition) is 2. The van der Waals surface area contributed by atoms with Crippen molar-refractivity contribution in [1.82, 2.24) is 16.0 Å². The number of carbonyl (C=O) groups is 2. The van der Waals surface area contributed by atoms with E-state index in [2.05, 4.69) is 16.0 Å². The zero-order chi connectivity index (χ0) is 21.3. The molecule has 0 atom stereocenters. The van der Waals surface area contributed by atoms with Gasteiger partial charge in [0.25, 0.3) is 5.91 Å². The maximum Gasteiger partial charge on any atom is 0.315 e. The largest absolute Gasteiger partial charge is 0.348 e. The van der Waals surface area contributed by atoms with E-state index in [1.807, 2.05) is 55.5 Å². The van der Waals surface area contributed by atoms with Gasteiger partial charge in [0.2, 0.25) is 0 Å². The first kappa shape index (κ1) is 21.4. The first-order valence-corrected chi connectivity index (χ1v) is 10.1. The number of carbonyl (C=O) groups excluding carboxylic acids is 2. The number of halogens is 1. The molecule has 3 aromatic rings. The number of urea groups is 1. The predicted molar refractivity (Wildman–Crippen MR) is 119 cm³/mol. The van der Waals surface area contributed by atoms with E-state index in [1.165, 1.54) is 5.56 Å². The molecule has 0 saturated carbocycles. The molecular formula is C24H24ClN3O2. The average Bonchev–Trinajstić information content (AvgIpc) is 2.76. The molecule has 3 amide bonds. The van der Waals surface area contributed by atoms with Gasteiger partial charge in [0.15, 0.2) is 0 Å². The van der Waals surface area contributed by atoms with Gasteiger partial charge in [0.05, 0.1) is 0 Å². The van der Waals surface area contributed by atoms with E-state index >= 15 is 0 Å². The van der Waals surface area contributed by atoms with Crippen molar-refractivity contribution in [2.45, 2.75) is 26.6 Å². The molecule has 0 unspecified atom stereocenters. The SMILES string of the molecule is Cc1ccc(CNC(=O)NCc2cccc(CNC(=O)c3ccc(Cl)cc3)c2)cc1. The molecule has 0 aromatic heterocycles. The van der Waals surface area contributed by atoms with E-state index in [1.54, 1.807) is 24.3 Å². The molecule has 0 aliphatic rings. The van der Waals surface area contributed by atoms with Crippen LogP contribution < -0.4 is 16.0 Å². The van der Waals surface area contributed by atoms with Gasteiger partial charge in [-0.2, -0.15) is 0 Å². The van der Waals surface area contributed by atoms with Gasteiger partial charge in [-0.05, 0) is 47.9 Å². The number of nitrogens with one attached hydrogen (secondary N) is 3. The third-order valence-corrected chi connectivity index (χ3v) is 4.83. The van der Waals surface area contributed by atoms with Gasteiger partial charge >= 0.3 is 6.03 Å². The summed E-state index contributed by atoms with van der Waals surface area (Å²) in [6, 6.07) is 22.3. The van der Waals surface area contributed by atoms with Gasteiger partial charge in [-0.1, -0.05) is 65.7 Å². The first-order chi connectivity index (χ1) is 14.5. The Morgan fingerprint density at radius 3 is 1.93 bits per heavy atom. The summed E-state index contributed by atoms with van der Waals surface area (Å²) < 4.78 is 0. The Labute approximate surface area is 181 Å². The Bertz CT molecular complexity index is 1000. The summed E-state index contributed by atoms with van der Waals surface area (Å²) in [7, 11) is 0. The summed E-state index contributed by atoms with van der Waals surface area (Å²) in [4.78, 5) is 24.3. The number of rotatable bonds is 7. The van der Waals surface area contributed by atoms with Crippen LogP contribution in [0.1, 0.15) is 32.6 Å². The van der Waals surface area contributed by atoms with Gasteiger partial charge < -0.3 is 16.0 Å². The molecule has 3 N–H and O–H groups in total. The Morgan fingerprint density at radius 1 is 0.733 bits per heavy atom. The molecule has 3 rings (SSSR count). The average molecular weight is 422 g/mol. The number of hydrogen-bond donors (Lipinski definition) is 3. The summed E-state index contributed by atoms with van der Waals surface area (Å²) in [5.74, 6) is -0.161. The third kappa shape index (κ3) is 6.64. The van der Waals surface area contributed by atoms with Crippen LogP contribution in [0.25, 0.3) is 0 Å². The highest BCUT2D eigenvalue weighted by molar-refractivity contribution is 6.30. The van der Waals surface area contributed by atoms with E-state index in [9.17, 15) is 9.59 Å². The van der Waals surface area contributed by atoms with Crippen molar-refractivity contribution in [2.24, 2.45) is 0 Å². The minimum Gasteiger partial charge on any atom is -0.348 e. The molecule has 5 nitrogen and oxygen atoms in total. The lowest BCUT2D eigenvalue weighted by Crippen LogP contribution is -2.34. The minimum atomic E-state index is -0.225. The van der Waals surface area contributed by atoms with Crippen molar-refractivity contribution < 1.29 is 9.59 Å². The zero-order valence-corrected chi connectivity index (χ0v) is 17.5. The van der Waals surface area contributed by atoms with Gasteiger partial charge in [-0.15, -0.1) is 0 Å².